The van der Waals surface area contributed by atoms with Crippen LogP contribution in [0.1, 0.15) is 45.6 Å². The van der Waals surface area contributed by atoms with Crippen LogP contribution in [0.2, 0.25) is 0 Å². The van der Waals surface area contributed by atoms with Gasteiger partial charge in [-0.25, -0.2) is 10.8 Å². The average molecular weight is 436 g/mol. The minimum absolute atomic E-state index is 0.00144. The number of nitrogens with zero attached hydrogens (tertiary/aromatic N) is 2. The van der Waals surface area contributed by atoms with Gasteiger partial charge in [0.05, 0.1) is 5.70 Å². The van der Waals surface area contributed by atoms with E-state index in [1.165, 1.54) is 6.20 Å². The highest BCUT2D eigenvalue weighted by Crippen LogP contribution is 2.32. The zero-order valence-electron chi connectivity index (χ0n) is 19.0. The fourth-order valence-corrected chi connectivity index (χ4v) is 4.07. The second-order valence-corrected chi connectivity index (χ2v) is 7.58. The van der Waals surface area contributed by atoms with Gasteiger partial charge in [0, 0.05) is 35.8 Å². The SMILES string of the molecule is CC.CCNC(=O)C1CCC(N(N)/C(=C\N)c2ccc(-c3nc4ccccc4o3)cc2)C1. The molecule has 0 saturated heterocycles. The number of oxazole rings is 1. The molecule has 1 aliphatic carbocycles. The number of aromatic nitrogens is 1. The molecule has 5 N–H and O–H groups in total. The summed E-state index contributed by atoms with van der Waals surface area (Å²) in [5, 5.41) is 4.60. The third kappa shape index (κ3) is 4.94. The molecule has 1 amide bonds. The lowest BCUT2D eigenvalue weighted by molar-refractivity contribution is -0.124. The van der Waals surface area contributed by atoms with Crippen molar-refractivity contribution < 1.29 is 9.21 Å². The van der Waals surface area contributed by atoms with Gasteiger partial charge in [-0.2, -0.15) is 0 Å². The number of amides is 1. The highest BCUT2D eigenvalue weighted by molar-refractivity contribution is 5.79. The second-order valence-electron chi connectivity index (χ2n) is 7.58. The van der Waals surface area contributed by atoms with E-state index in [9.17, 15) is 4.79 Å². The monoisotopic (exact) mass is 435 g/mol. The number of para-hydroxylation sites is 2. The number of carbonyl (C=O) groups is 1. The Bertz CT molecular complexity index is 1020. The summed E-state index contributed by atoms with van der Waals surface area (Å²) in [5.74, 6) is 7.11. The lowest BCUT2D eigenvalue weighted by atomic mass is 10.1. The van der Waals surface area contributed by atoms with Gasteiger partial charge in [-0.05, 0) is 50.5 Å². The van der Waals surface area contributed by atoms with Crippen LogP contribution in [-0.2, 0) is 4.79 Å². The number of carbonyl (C=O) groups excluding carboxylic acids is 1. The van der Waals surface area contributed by atoms with Crippen LogP contribution in [0.15, 0.2) is 59.1 Å². The maximum Gasteiger partial charge on any atom is 0.227 e. The number of nitrogens with two attached hydrogens (primary N) is 2. The smallest absolute Gasteiger partial charge is 0.227 e. The highest BCUT2D eigenvalue weighted by Gasteiger charge is 2.33. The Labute approximate surface area is 189 Å². The Balaban J connectivity index is 0.00000141. The molecule has 32 heavy (non-hydrogen) atoms. The van der Waals surface area contributed by atoms with Gasteiger partial charge in [-0.15, -0.1) is 0 Å². The Morgan fingerprint density at radius 1 is 1.19 bits per heavy atom. The molecule has 0 aliphatic heterocycles. The number of hydrogen-bond acceptors (Lipinski definition) is 6. The molecule has 0 spiro atoms. The van der Waals surface area contributed by atoms with Crippen LogP contribution in [0.4, 0.5) is 0 Å². The van der Waals surface area contributed by atoms with Crippen molar-refractivity contribution in [3.63, 3.8) is 0 Å². The zero-order chi connectivity index (χ0) is 23.1. The molecule has 2 aromatic carbocycles. The molecule has 2 atom stereocenters. The van der Waals surface area contributed by atoms with Crippen molar-refractivity contribution in [3.05, 3.63) is 60.3 Å². The van der Waals surface area contributed by atoms with E-state index in [0.29, 0.717) is 12.4 Å². The van der Waals surface area contributed by atoms with Crippen molar-refractivity contribution in [2.45, 2.75) is 46.1 Å². The van der Waals surface area contributed by atoms with Crippen molar-refractivity contribution in [2.75, 3.05) is 6.54 Å². The predicted molar refractivity (Wildman–Crippen MR) is 129 cm³/mol. The first-order chi connectivity index (χ1) is 15.6. The van der Waals surface area contributed by atoms with Crippen LogP contribution in [-0.4, -0.2) is 28.5 Å². The molecular weight excluding hydrogens is 402 g/mol. The van der Waals surface area contributed by atoms with Gasteiger partial charge in [0.2, 0.25) is 11.8 Å². The second kappa shape index (κ2) is 10.8. The van der Waals surface area contributed by atoms with Crippen molar-refractivity contribution in [2.24, 2.45) is 17.5 Å². The summed E-state index contributed by atoms with van der Waals surface area (Å²) in [6.07, 6.45) is 3.93. The standard InChI is InChI=1S/C23H27N5O2.C2H6/c1-2-26-22(29)17-11-12-18(13-17)28(25)20(14-24)15-7-9-16(10-8-15)23-27-19-5-3-4-6-21(19)30-23;1-2/h3-10,14,17-18H,2,11-13,24-25H2,1H3,(H,26,29);1-2H3/b20-14-;. The van der Waals surface area contributed by atoms with Crippen molar-refractivity contribution in [1.29, 1.82) is 0 Å². The Morgan fingerprint density at radius 2 is 1.91 bits per heavy atom. The van der Waals surface area contributed by atoms with Gasteiger partial charge in [-0.3, -0.25) is 4.79 Å². The van der Waals surface area contributed by atoms with Gasteiger partial charge < -0.3 is 20.5 Å². The van der Waals surface area contributed by atoms with Gasteiger partial charge in [0.15, 0.2) is 5.58 Å². The molecule has 1 heterocycles. The molecule has 1 saturated carbocycles. The number of benzene rings is 2. The fraction of sp³-hybridized carbons (Fsp3) is 0.360. The minimum Gasteiger partial charge on any atom is -0.436 e. The third-order valence-electron chi connectivity index (χ3n) is 5.68. The maximum atomic E-state index is 12.1. The first-order valence-corrected chi connectivity index (χ1v) is 11.3. The minimum atomic E-state index is 0.00144. The number of rotatable bonds is 6. The van der Waals surface area contributed by atoms with E-state index >= 15 is 0 Å². The van der Waals surface area contributed by atoms with E-state index in [4.69, 9.17) is 16.0 Å². The van der Waals surface area contributed by atoms with Gasteiger partial charge in [0.1, 0.15) is 5.52 Å². The van der Waals surface area contributed by atoms with E-state index in [0.717, 1.165) is 47.2 Å². The molecule has 1 aromatic heterocycles. The maximum absolute atomic E-state index is 12.1. The highest BCUT2D eigenvalue weighted by atomic mass is 16.3. The largest absolute Gasteiger partial charge is 0.436 e. The van der Waals surface area contributed by atoms with E-state index < -0.39 is 0 Å². The zero-order valence-corrected chi connectivity index (χ0v) is 19.0. The van der Waals surface area contributed by atoms with Crippen molar-refractivity contribution in [1.82, 2.24) is 15.3 Å². The Hall–Kier alpha value is -3.32. The number of hydrogen-bond donors (Lipinski definition) is 3. The molecular formula is C25H33N5O2. The lowest BCUT2D eigenvalue weighted by Crippen LogP contribution is -2.39. The first-order valence-electron chi connectivity index (χ1n) is 11.3. The molecule has 0 bridgehead atoms. The number of hydrazine groups is 1. The van der Waals surface area contributed by atoms with E-state index in [2.05, 4.69) is 10.3 Å². The van der Waals surface area contributed by atoms with Crippen LogP contribution in [0.25, 0.3) is 28.3 Å². The summed E-state index contributed by atoms with van der Waals surface area (Å²) in [4.78, 5) is 16.7. The average Bonchev–Trinajstić information content (AvgIpc) is 3.49. The van der Waals surface area contributed by atoms with E-state index in [-0.39, 0.29) is 17.9 Å². The van der Waals surface area contributed by atoms with E-state index in [1.807, 2.05) is 69.3 Å². The van der Waals surface area contributed by atoms with Crippen LogP contribution in [0.5, 0.6) is 0 Å². The summed E-state index contributed by atoms with van der Waals surface area (Å²) < 4.78 is 5.84. The number of fused-ring (bicyclic) bond motifs is 1. The summed E-state index contributed by atoms with van der Waals surface area (Å²) >= 11 is 0. The summed E-state index contributed by atoms with van der Waals surface area (Å²) in [7, 11) is 0. The van der Waals surface area contributed by atoms with E-state index in [1.54, 1.807) is 5.01 Å². The lowest BCUT2D eigenvalue weighted by Gasteiger charge is -2.28. The van der Waals surface area contributed by atoms with Crippen LogP contribution >= 0.6 is 0 Å². The predicted octanol–water partition coefficient (Wildman–Crippen LogP) is 4.26. The Kier molecular flexibility index (Phi) is 7.89. The molecule has 1 aliphatic rings. The first kappa shape index (κ1) is 23.3. The molecule has 7 heteroatoms. The van der Waals surface area contributed by atoms with Crippen molar-refractivity contribution >= 4 is 22.7 Å². The molecule has 2 unspecified atom stereocenters. The molecule has 7 nitrogen and oxygen atoms in total. The summed E-state index contributed by atoms with van der Waals surface area (Å²) in [5.41, 5.74) is 10.0. The van der Waals surface area contributed by atoms with Gasteiger partial charge >= 0.3 is 0 Å². The molecule has 0 radical (unpaired) electrons. The van der Waals surface area contributed by atoms with Crippen LogP contribution < -0.4 is 16.9 Å². The topological polar surface area (TPSA) is 110 Å². The summed E-state index contributed by atoms with van der Waals surface area (Å²) in [6, 6.07) is 15.6. The molecule has 1 fully saturated rings. The molecule has 3 aromatic rings. The quantitative estimate of drug-likeness (QED) is 0.394. The normalized spacial score (nSPS) is 18.2. The third-order valence-corrected chi connectivity index (χ3v) is 5.68. The van der Waals surface area contributed by atoms with Gasteiger partial charge in [-0.1, -0.05) is 38.1 Å². The molecule has 170 valence electrons. The fourth-order valence-electron chi connectivity index (χ4n) is 4.07. The molecule has 4 rings (SSSR count). The van der Waals surface area contributed by atoms with Crippen LogP contribution in [0.3, 0.4) is 0 Å². The Morgan fingerprint density at radius 3 is 2.56 bits per heavy atom. The van der Waals surface area contributed by atoms with Gasteiger partial charge in [0.25, 0.3) is 0 Å². The number of nitrogens with one attached hydrogen (secondary N) is 1. The van der Waals surface area contributed by atoms with Crippen molar-refractivity contribution in [3.8, 4) is 11.5 Å². The van der Waals surface area contributed by atoms with Crippen LogP contribution in [0, 0.1) is 5.92 Å². The summed E-state index contributed by atoms with van der Waals surface area (Å²) in [6.45, 7) is 6.58.